The Morgan fingerprint density at radius 2 is 1.90 bits per heavy atom. The molecule has 1 N–H and O–H groups in total. The lowest BCUT2D eigenvalue weighted by Gasteiger charge is -2.36. The molecule has 0 radical (unpaired) electrons. The molecule has 0 aliphatic carbocycles. The van der Waals surface area contributed by atoms with Crippen LogP contribution in [0.15, 0.2) is 34.0 Å². The van der Waals surface area contributed by atoms with Crippen LogP contribution >= 0.6 is 0 Å². The molecule has 0 atom stereocenters. The molecule has 1 fully saturated rings. The van der Waals surface area contributed by atoms with Crippen molar-refractivity contribution in [2.75, 3.05) is 20.1 Å². The van der Waals surface area contributed by atoms with Gasteiger partial charge in [0.25, 0.3) is 0 Å². The molecular weight excluding hydrogens is 250 g/mol. The highest BCUT2D eigenvalue weighted by Gasteiger charge is 2.32. The zero-order valence-electron chi connectivity index (χ0n) is 13.2. The zero-order valence-corrected chi connectivity index (χ0v) is 13.2. The molecule has 5 heteroatoms. The summed E-state index contributed by atoms with van der Waals surface area (Å²) in [5, 5.41) is 3.18. The Bertz CT molecular complexity index is 402. The fourth-order valence-electron chi connectivity index (χ4n) is 2.51. The molecule has 0 unspecified atom stereocenters. The fraction of sp³-hybridized carbons (Fsp3) is 0.600. The van der Waals surface area contributed by atoms with Crippen molar-refractivity contribution < 1.29 is 0 Å². The highest BCUT2D eigenvalue weighted by Crippen LogP contribution is 2.30. The molecule has 1 saturated heterocycles. The van der Waals surface area contributed by atoms with E-state index in [0.29, 0.717) is 6.04 Å². The number of aliphatic imine (C=N–C) groups is 2. The van der Waals surface area contributed by atoms with E-state index in [9.17, 15) is 0 Å². The third-order valence-corrected chi connectivity index (χ3v) is 3.45. The van der Waals surface area contributed by atoms with Crippen LogP contribution in [0.5, 0.6) is 0 Å². The predicted octanol–water partition coefficient (Wildman–Crippen LogP) is 2.40. The van der Waals surface area contributed by atoms with Crippen LogP contribution < -0.4 is 5.32 Å². The maximum atomic E-state index is 4.28. The number of nitrogens with zero attached hydrogens (tertiary/aromatic N) is 4. The molecule has 0 aromatic heterocycles. The van der Waals surface area contributed by atoms with Gasteiger partial charge in [-0.25, -0.2) is 9.98 Å². The smallest absolute Gasteiger partial charge is 0.177 e. The van der Waals surface area contributed by atoms with Gasteiger partial charge in [0, 0.05) is 12.3 Å². The summed E-state index contributed by atoms with van der Waals surface area (Å²) in [6.45, 7) is 15.8. The standard InChI is InChI=1S/C13H21N5.C2H6/c1-5-15-12-13(14-3)18(10(2)16-12)11-6-8-17(4)9-7-11;1-2/h5,11,16H,2-3,6-9H2,1,4H3;1-2H3/b15-5-;. The monoisotopic (exact) mass is 277 g/mol. The number of hydrogen-bond donors (Lipinski definition) is 1. The van der Waals surface area contributed by atoms with Crippen molar-refractivity contribution in [1.82, 2.24) is 15.1 Å². The number of likely N-dealkylation sites (tertiary alicyclic amines) is 1. The van der Waals surface area contributed by atoms with Gasteiger partial charge in [0.1, 0.15) is 5.82 Å². The molecule has 0 bridgehead atoms. The highest BCUT2D eigenvalue weighted by atomic mass is 15.4. The fourth-order valence-corrected chi connectivity index (χ4v) is 2.51. The quantitative estimate of drug-likeness (QED) is 0.806. The molecule has 5 nitrogen and oxygen atoms in total. The van der Waals surface area contributed by atoms with Crippen LogP contribution in [-0.2, 0) is 0 Å². The van der Waals surface area contributed by atoms with Crippen molar-refractivity contribution >= 4 is 12.9 Å². The zero-order chi connectivity index (χ0) is 15.1. The van der Waals surface area contributed by atoms with Crippen molar-refractivity contribution in [3.05, 3.63) is 24.0 Å². The van der Waals surface area contributed by atoms with Crippen LogP contribution in [-0.4, -0.2) is 48.9 Å². The Hall–Kier alpha value is -1.62. The van der Waals surface area contributed by atoms with Gasteiger partial charge in [-0.15, -0.1) is 0 Å². The highest BCUT2D eigenvalue weighted by molar-refractivity contribution is 5.56. The van der Waals surface area contributed by atoms with Gasteiger partial charge in [-0.05, 0) is 46.6 Å². The van der Waals surface area contributed by atoms with E-state index in [-0.39, 0.29) is 0 Å². The average molecular weight is 277 g/mol. The van der Waals surface area contributed by atoms with E-state index in [1.54, 1.807) is 6.21 Å². The van der Waals surface area contributed by atoms with Gasteiger partial charge in [0.2, 0.25) is 0 Å². The van der Waals surface area contributed by atoms with Gasteiger partial charge in [0.15, 0.2) is 11.6 Å². The van der Waals surface area contributed by atoms with E-state index in [1.807, 2.05) is 20.8 Å². The van der Waals surface area contributed by atoms with Crippen molar-refractivity contribution in [2.24, 2.45) is 9.98 Å². The Labute approximate surface area is 122 Å². The van der Waals surface area contributed by atoms with Crippen LogP contribution in [0, 0.1) is 0 Å². The van der Waals surface area contributed by atoms with Crippen molar-refractivity contribution in [1.29, 1.82) is 0 Å². The second-order valence-electron chi connectivity index (χ2n) is 4.69. The lowest BCUT2D eigenvalue weighted by atomic mass is 10.0. The van der Waals surface area contributed by atoms with Gasteiger partial charge in [-0.1, -0.05) is 20.4 Å². The summed E-state index contributed by atoms with van der Waals surface area (Å²) in [4.78, 5) is 12.9. The molecule has 2 aliphatic rings. The Kier molecular flexibility index (Phi) is 6.45. The van der Waals surface area contributed by atoms with E-state index in [0.717, 1.165) is 43.4 Å². The maximum Gasteiger partial charge on any atom is 0.177 e. The van der Waals surface area contributed by atoms with E-state index < -0.39 is 0 Å². The van der Waals surface area contributed by atoms with Gasteiger partial charge >= 0.3 is 0 Å². The van der Waals surface area contributed by atoms with E-state index in [2.05, 4.69) is 45.4 Å². The summed E-state index contributed by atoms with van der Waals surface area (Å²) in [6, 6.07) is 0.436. The van der Waals surface area contributed by atoms with Crippen LogP contribution in [0.4, 0.5) is 0 Å². The van der Waals surface area contributed by atoms with Gasteiger partial charge in [-0.3, -0.25) is 0 Å². The summed E-state index contributed by atoms with van der Waals surface area (Å²) in [5.74, 6) is 2.40. The van der Waals surface area contributed by atoms with Crippen LogP contribution in [0.2, 0.25) is 0 Å². The van der Waals surface area contributed by atoms with Crippen molar-refractivity contribution in [3.8, 4) is 0 Å². The summed E-state index contributed by atoms with van der Waals surface area (Å²) in [6.07, 6.45) is 3.97. The molecule has 0 amide bonds. The number of nitrogens with one attached hydrogen (secondary N) is 1. The lowest BCUT2D eigenvalue weighted by Crippen LogP contribution is -2.42. The van der Waals surface area contributed by atoms with E-state index in [4.69, 9.17) is 0 Å². The first-order chi connectivity index (χ1) is 9.67. The van der Waals surface area contributed by atoms with E-state index >= 15 is 0 Å². The second kappa shape index (κ2) is 7.85. The van der Waals surface area contributed by atoms with Crippen LogP contribution in [0.1, 0.15) is 33.6 Å². The third kappa shape index (κ3) is 3.48. The predicted molar refractivity (Wildman–Crippen MR) is 86.7 cm³/mol. The van der Waals surface area contributed by atoms with Gasteiger partial charge in [-0.2, -0.15) is 0 Å². The Morgan fingerprint density at radius 3 is 2.40 bits per heavy atom. The molecule has 2 heterocycles. The largest absolute Gasteiger partial charge is 0.324 e. The van der Waals surface area contributed by atoms with Crippen LogP contribution in [0.25, 0.3) is 0 Å². The molecule has 0 aromatic carbocycles. The minimum Gasteiger partial charge on any atom is -0.324 e. The van der Waals surface area contributed by atoms with Crippen LogP contribution in [0.3, 0.4) is 0 Å². The summed E-state index contributed by atoms with van der Waals surface area (Å²) >= 11 is 0. The number of rotatable bonds is 3. The molecule has 0 saturated carbocycles. The first-order valence-electron chi connectivity index (χ1n) is 7.30. The minimum atomic E-state index is 0.436. The van der Waals surface area contributed by atoms with E-state index in [1.165, 1.54) is 0 Å². The molecule has 0 spiro atoms. The first-order valence-corrected chi connectivity index (χ1v) is 7.30. The van der Waals surface area contributed by atoms with Gasteiger partial charge < -0.3 is 15.1 Å². The summed E-state index contributed by atoms with van der Waals surface area (Å²) in [5.41, 5.74) is 0. The lowest BCUT2D eigenvalue weighted by molar-refractivity contribution is 0.176. The molecule has 2 rings (SSSR count). The number of piperidine rings is 1. The average Bonchev–Trinajstić information content (AvgIpc) is 2.78. The molecule has 0 aromatic rings. The van der Waals surface area contributed by atoms with Crippen molar-refractivity contribution in [3.63, 3.8) is 0 Å². The van der Waals surface area contributed by atoms with Gasteiger partial charge in [0.05, 0.1) is 0 Å². The summed E-state index contributed by atoms with van der Waals surface area (Å²) in [7, 11) is 2.16. The first kappa shape index (κ1) is 16.4. The normalized spacial score (nSPS) is 21.0. The molecule has 20 heavy (non-hydrogen) atoms. The maximum absolute atomic E-state index is 4.28. The second-order valence-corrected chi connectivity index (χ2v) is 4.69. The number of hydrogen-bond acceptors (Lipinski definition) is 5. The summed E-state index contributed by atoms with van der Waals surface area (Å²) < 4.78 is 0. The molecule has 2 aliphatic heterocycles. The third-order valence-electron chi connectivity index (χ3n) is 3.45. The molecule has 112 valence electrons. The molecular formula is C15H27N5. The minimum absolute atomic E-state index is 0.436. The Morgan fingerprint density at radius 1 is 1.30 bits per heavy atom. The topological polar surface area (TPSA) is 43.2 Å². The van der Waals surface area contributed by atoms with Crippen molar-refractivity contribution in [2.45, 2.75) is 39.7 Å². The Balaban J connectivity index is 0.000000956. The SMILES string of the molecule is C=NC1=C(/N=C\C)NC(=C)N1C1CCN(C)CC1.CC.